The second-order valence-electron chi connectivity index (χ2n) is 4.40. The fourth-order valence-corrected chi connectivity index (χ4v) is 1.74. The maximum atomic E-state index is 13.5. The summed E-state index contributed by atoms with van der Waals surface area (Å²) in [4.78, 5) is 11.8. The molecule has 1 aromatic rings. The highest BCUT2D eigenvalue weighted by molar-refractivity contribution is 5.92. The van der Waals surface area contributed by atoms with Gasteiger partial charge < -0.3 is 11.1 Å². The van der Waals surface area contributed by atoms with E-state index < -0.39 is 35.1 Å². The summed E-state index contributed by atoms with van der Waals surface area (Å²) >= 11 is 0. The Morgan fingerprint density at radius 3 is 2.55 bits per heavy atom. The van der Waals surface area contributed by atoms with E-state index in [1.807, 2.05) is 6.92 Å². The Morgan fingerprint density at radius 1 is 1.40 bits per heavy atom. The van der Waals surface area contributed by atoms with Gasteiger partial charge in [-0.15, -0.1) is 0 Å². The van der Waals surface area contributed by atoms with Gasteiger partial charge in [-0.05, 0) is 24.6 Å². The maximum Gasteiger partial charge on any atom is 0.416 e. The van der Waals surface area contributed by atoms with E-state index in [0.717, 1.165) is 0 Å². The van der Waals surface area contributed by atoms with Crippen LogP contribution in [0.3, 0.4) is 0 Å². The Balaban J connectivity index is 2.94. The van der Waals surface area contributed by atoms with Crippen LogP contribution in [-0.4, -0.2) is 12.5 Å². The van der Waals surface area contributed by atoms with Crippen molar-refractivity contribution in [1.82, 2.24) is 0 Å². The molecule has 0 radical (unpaired) electrons. The van der Waals surface area contributed by atoms with Crippen molar-refractivity contribution in [1.29, 1.82) is 0 Å². The van der Waals surface area contributed by atoms with Gasteiger partial charge in [0.1, 0.15) is 5.82 Å². The lowest BCUT2D eigenvalue weighted by Crippen LogP contribution is -2.29. The van der Waals surface area contributed by atoms with Crippen LogP contribution in [0.5, 0.6) is 0 Å². The van der Waals surface area contributed by atoms with E-state index >= 15 is 0 Å². The molecule has 0 aliphatic rings. The van der Waals surface area contributed by atoms with Crippen LogP contribution >= 0.6 is 0 Å². The van der Waals surface area contributed by atoms with E-state index in [1.165, 1.54) is 0 Å². The minimum absolute atomic E-state index is 0.0558. The molecule has 0 fully saturated rings. The summed E-state index contributed by atoms with van der Waals surface area (Å²) in [6, 6.07) is 1.87. The summed E-state index contributed by atoms with van der Waals surface area (Å²) in [5.41, 5.74) is 3.91. The number of carbonyl (C=O) groups is 1. The lowest BCUT2D eigenvalue weighted by Gasteiger charge is -2.15. The van der Waals surface area contributed by atoms with Crippen LogP contribution in [-0.2, 0) is 11.0 Å². The molecule has 0 saturated heterocycles. The summed E-state index contributed by atoms with van der Waals surface area (Å²) in [6.07, 6.45) is -3.41. The molecular weight excluding hydrogens is 276 g/mol. The number of rotatable bonds is 5. The van der Waals surface area contributed by atoms with Crippen molar-refractivity contribution in [2.75, 3.05) is 11.9 Å². The molecule has 1 amide bonds. The van der Waals surface area contributed by atoms with Gasteiger partial charge in [0.2, 0.25) is 5.91 Å². The predicted molar refractivity (Wildman–Crippen MR) is 67.5 cm³/mol. The molecular formula is C13H16F4N2O. The average molecular weight is 292 g/mol. The Morgan fingerprint density at radius 2 is 2.05 bits per heavy atom. The number of hydrogen-bond donors (Lipinski definition) is 2. The van der Waals surface area contributed by atoms with E-state index in [9.17, 15) is 22.4 Å². The molecule has 0 aliphatic carbocycles. The van der Waals surface area contributed by atoms with Gasteiger partial charge in [-0.25, -0.2) is 4.39 Å². The third-order valence-electron chi connectivity index (χ3n) is 2.84. The van der Waals surface area contributed by atoms with Crippen molar-refractivity contribution in [2.24, 2.45) is 11.7 Å². The van der Waals surface area contributed by atoms with E-state index in [0.29, 0.717) is 31.0 Å². The fourth-order valence-electron chi connectivity index (χ4n) is 1.74. The molecule has 7 heteroatoms. The van der Waals surface area contributed by atoms with Gasteiger partial charge >= 0.3 is 6.18 Å². The topological polar surface area (TPSA) is 55.1 Å². The van der Waals surface area contributed by atoms with Crippen LogP contribution in [0.2, 0.25) is 0 Å². The van der Waals surface area contributed by atoms with E-state index in [2.05, 4.69) is 5.32 Å². The van der Waals surface area contributed by atoms with Crippen molar-refractivity contribution in [3.05, 3.63) is 29.6 Å². The van der Waals surface area contributed by atoms with Crippen molar-refractivity contribution >= 4 is 11.6 Å². The molecule has 1 rings (SSSR count). The van der Waals surface area contributed by atoms with E-state index in [4.69, 9.17) is 5.73 Å². The molecule has 0 spiro atoms. The lowest BCUT2D eigenvalue weighted by atomic mass is 10.0. The third-order valence-corrected chi connectivity index (χ3v) is 2.84. The third kappa shape index (κ3) is 4.19. The number of halogens is 4. The summed E-state index contributed by atoms with van der Waals surface area (Å²) < 4.78 is 51.0. The minimum Gasteiger partial charge on any atom is -0.330 e. The predicted octanol–water partition coefficient (Wildman–Crippen LogP) is 3.16. The van der Waals surface area contributed by atoms with Crippen LogP contribution in [0.1, 0.15) is 25.3 Å². The molecule has 0 bridgehead atoms. The minimum atomic E-state index is -4.59. The number of nitrogens with one attached hydrogen (secondary N) is 1. The van der Waals surface area contributed by atoms with Gasteiger partial charge in [0.25, 0.3) is 0 Å². The van der Waals surface area contributed by atoms with E-state index in [1.54, 1.807) is 0 Å². The highest BCUT2D eigenvalue weighted by Gasteiger charge is 2.31. The number of amides is 1. The van der Waals surface area contributed by atoms with Crippen molar-refractivity contribution in [3.8, 4) is 0 Å². The summed E-state index contributed by atoms with van der Waals surface area (Å²) in [5.74, 6) is -2.04. The van der Waals surface area contributed by atoms with Gasteiger partial charge in [-0.3, -0.25) is 4.79 Å². The zero-order valence-electron chi connectivity index (χ0n) is 10.9. The fraction of sp³-hybridized carbons (Fsp3) is 0.462. The van der Waals surface area contributed by atoms with Crippen LogP contribution in [0.25, 0.3) is 0 Å². The Kier molecular flexibility index (Phi) is 5.50. The van der Waals surface area contributed by atoms with Crippen molar-refractivity contribution < 1.29 is 22.4 Å². The Labute approximate surface area is 114 Å². The SMILES string of the molecule is CCCC(CN)C(=O)Nc1cc(C(F)(F)F)ccc1F. The summed E-state index contributed by atoms with van der Waals surface area (Å²) in [6.45, 7) is 1.90. The monoisotopic (exact) mass is 292 g/mol. The quantitative estimate of drug-likeness (QED) is 0.819. The first-order valence-corrected chi connectivity index (χ1v) is 6.17. The van der Waals surface area contributed by atoms with Gasteiger partial charge in [0.15, 0.2) is 0 Å². The molecule has 1 unspecified atom stereocenters. The van der Waals surface area contributed by atoms with Crippen molar-refractivity contribution in [3.63, 3.8) is 0 Å². The molecule has 0 saturated carbocycles. The lowest BCUT2D eigenvalue weighted by molar-refractivity contribution is -0.137. The van der Waals surface area contributed by atoms with Crippen LogP contribution < -0.4 is 11.1 Å². The zero-order valence-corrected chi connectivity index (χ0v) is 10.9. The molecule has 20 heavy (non-hydrogen) atoms. The Hall–Kier alpha value is -1.63. The summed E-state index contributed by atoms with van der Waals surface area (Å²) in [5, 5.41) is 2.16. The average Bonchev–Trinajstić information content (AvgIpc) is 2.37. The van der Waals surface area contributed by atoms with Gasteiger partial charge in [-0.1, -0.05) is 13.3 Å². The Bertz CT molecular complexity index is 474. The first kappa shape index (κ1) is 16.4. The molecule has 0 aromatic heterocycles. The molecule has 1 aromatic carbocycles. The molecule has 1 atom stereocenters. The highest BCUT2D eigenvalue weighted by Crippen LogP contribution is 2.31. The molecule has 0 heterocycles. The normalized spacial score (nSPS) is 13.1. The number of nitrogens with two attached hydrogens (primary N) is 1. The molecule has 3 nitrogen and oxygen atoms in total. The number of anilines is 1. The van der Waals surface area contributed by atoms with E-state index in [-0.39, 0.29) is 6.54 Å². The number of hydrogen-bond acceptors (Lipinski definition) is 2. The second-order valence-corrected chi connectivity index (χ2v) is 4.40. The van der Waals surface area contributed by atoms with Gasteiger partial charge in [-0.2, -0.15) is 13.2 Å². The first-order chi connectivity index (χ1) is 9.29. The largest absolute Gasteiger partial charge is 0.416 e. The second kappa shape index (κ2) is 6.69. The van der Waals surface area contributed by atoms with Crippen molar-refractivity contribution in [2.45, 2.75) is 25.9 Å². The van der Waals surface area contributed by atoms with Crippen LogP contribution in [0.15, 0.2) is 18.2 Å². The number of carbonyl (C=O) groups excluding carboxylic acids is 1. The standard InChI is InChI=1S/C13H16F4N2O/c1-2-3-8(7-18)12(20)19-11-6-9(13(15,16)17)4-5-10(11)14/h4-6,8H,2-3,7,18H2,1H3,(H,19,20). The number of alkyl halides is 3. The first-order valence-electron chi connectivity index (χ1n) is 6.17. The maximum absolute atomic E-state index is 13.5. The molecule has 3 N–H and O–H groups in total. The zero-order chi connectivity index (χ0) is 15.3. The number of benzene rings is 1. The van der Waals surface area contributed by atoms with Crippen LogP contribution in [0.4, 0.5) is 23.2 Å². The summed E-state index contributed by atoms with van der Waals surface area (Å²) in [7, 11) is 0. The smallest absolute Gasteiger partial charge is 0.330 e. The highest BCUT2D eigenvalue weighted by atomic mass is 19.4. The molecule has 112 valence electrons. The molecule has 0 aliphatic heterocycles. The van der Waals surface area contributed by atoms with Gasteiger partial charge in [0.05, 0.1) is 17.2 Å². The van der Waals surface area contributed by atoms with Gasteiger partial charge in [0, 0.05) is 6.54 Å². The van der Waals surface area contributed by atoms with Crippen LogP contribution in [0, 0.1) is 11.7 Å².